The first-order chi connectivity index (χ1) is 14.5. The largest absolute Gasteiger partial charge is 0.472 e. The van der Waals surface area contributed by atoms with Crippen molar-refractivity contribution < 1.29 is 27.5 Å². The second-order valence-corrected chi connectivity index (χ2v) is 7.70. The summed E-state index contributed by atoms with van der Waals surface area (Å²) in [4.78, 5) is 32.2. The summed E-state index contributed by atoms with van der Waals surface area (Å²) in [5.41, 5.74) is -0.122. The fourth-order valence-corrected chi connectivity index (χ4v) is 2.89. The molecule has 166 valence electrons. The lowest BCUT2D eigenvalue weighted by Gasteiger charge is -2.16. The van der Waals surface area contributed by atoms with Crippen molar-refractivity contribution in [3.63, 3.8) is 0 Å². The van der Waals surface area contributed by atoms with Crippen LogP contribution in [0.2, 0.25) is 5.02 Å². The number of rotatable bonds is 7. The van der Waals surface area contributed by atoms with Crippen LogP contribution < -0.4 is 15.4 Å². The van der Waals surface area contributed by atoms with Crippen molar-refractivity contribution in [3.05, 3.63) is 46.2 Å². The third-order valence-corrected chi connectivity index (χ3v) is 4.68. The van der Waals surface area contributed by atoms with E-state index in [-0.39, 0.29) is 29.3 Å². The quantitative estimate of drug-likeness (QED) is 0.656. The van der Waals surface area contributed by atoms with Gasteiger partial charge in [0.25, 0.3) is 5.91 Å². The van der Waals surface area contributed by atoms with Crippen molar-refractivity contribution >= 4 is 29.2 Å². The Morgan fingerprint density at radius 1 is 1.29 bits per heavy atom. The highest BCUT2D eigenvalue weighted by molar-refractivity contribution is 6.31. The number of halogens is 4. The number of amides is 2. The van der Waals surface area contributed by atoms with E-state index in [9.17, 15) is 22.8 Å². The molecule has 1 aliphatic rings. The van der Waals surface area contributed by atoms with E-state index in [1.807, 2.05) is 0 Å². The zero-order chi connectivity index (χ0) is 22.8. The lowest BCUT2D eigenvalue weighted by atomic mass is 10.2. The summed E-state index contributed by atoms with van der Waals surface area (Å²) >= 11 is 5.82. The van der Waals surface area contributed by atoms with Crippen LogP contribution in [0.25, 0.3) is 0 Å². The number of pyridine rings is 2. The molecule has 11 heteroatoms. The molecule has 0 aromatic carbocycles. The zero-order valence-corrected chi connectivity index (χ0v) is 17.5. The van der Waals surface area contributed by atoms with E-state index >= 15 is 0 Å². The summed E-state index contributed by atoms with van der Waals surface area (Å²) in [6.45, 7) is 3.35. The Labute approximate surface area is 181 Å². The molecule has 0 unspecified atom stereocenters. The van der Waals surface area contributed by atoms with E-state index in [1.54, 1.807) is 19.9 Å². The van der Waals surface area contributed by atoms with Gasteiger partial charge in [-0.15, -0.1) is 0 Å². The number of aryl methyl sites for hydroxylation is 1. The van der Waals surface area contributed by atoms with Gasteiger partial charge in [-0.3, -0.25) is 9.59 Å². The van der Waals surface area contributed by atoms with Crippen LogP contribution in [0.5, 0.6) is 5.88 Å². The maximum Gasteiger partial charge on any atom is 0.417 e. The number of hydrogen-bond acceptors (Lipinski definition) is 5. The fraction of sp³-hybridized carbons (Fsp3) is 0.400. The molecule has 7 nitrogen and oxygen atoms in total. The molecule has 2 heterocycles. The van der Waals surface area contributed by atoms with Gasteiger partial charge in [0, 0.05) is 23.4 Å². The van der Waals surface area contributed by atoms with Gasteiger partial charge in [-0.1, -0.05) is 11.6 Å². The maximum atomic E-state index is 12.7. The third kappa shape index (κ3) is 6.30. The van der Waals surface area contributed by atoms with Crippen molar-refractivity contribution in [2.75, 3.05) is 11.9 Å². The highest BCUT2D eigenvalue weighted by Crippen LogP contribution is 2.33. The van der Waals surface area contributed by atoms with Gasteiger partial charge in [0.2, 0.25) is 11.8 Å². The van der Waals surface area contributed by atoms with Gasteiger partial charge in [-0.25, -0.2) is 9.97 Å². The summed E-state index contributed by atoms with van der Waals surface area (Å²) in [5, 5.41) is 5.08. The Kier molecular flexibility index (Phi) is 6.68. The van der Waals surface area contributed by atoms with E-state index in [4.69, 9.17) is 16.3 Å². The van der Waals surface area contributed by atoms with Crippen LogP contribution in [0.3, 0.4) is 0 Å². The molecular formula is C20H20ClF3N4O3. The third-order valence-electron chi connectivity index (χ3n) is 4.41. The van der Waals surface area contributed by atoms with Crippen molar-refractivity contribution in [2.45, 2.75) is 39.0 Å². The number of hydrogen-bond donors (Lipinski definition) is 2. The first kappa shape index (κ1) is 22.8. The highest BCUT2D eigenvalue weighted by Gasteiger charge is 2.32. The average Bonchev–Trinajstić information content (AvgIpc) is 3.51. The molecule has 0 aliphatic heterocycles. The van der Waals surface area contributed by atoms with Crippen LogP contribution in [0.4, 0.5) is 19.0 Å². The number of alkyl halides is 3. The second-order valence-electron chi connectivity index (χ2n) is 7.29. The Morgan fingerprint density at radius 2 is 2.00 bits per heavy atom. The summed E-state index contributed by atoms with van der Waals surface area (Å²) < 4.78 is 43.5. The molecule has 2 N–H and O–H groups in total. The van der Waals surface area contributed by atoms with Gasteiger partial charge >= 0.3 is 6.18 Å². The van der Waals surface area contributed by atoms with Gasteiger partial charge in [-0.2, -0.15) is 13.2 Å². The Balaban J connectivity index is 1.57. The van der Waals surface area contributed by atoms with Crippen LogP contribution in [-0.4, -0.2) is 34.4 Å². The molecule has 2 aromatic heterocycles. The van der Waals surface area contributed by atoms with Gasteiger partial charge in [0.05, 0.1) is 12.1 Å². The van der Waals surface area contributed by atoms with Crippen LogP contribution in [0, 0.1) is 12.8 Å². The molecule has 1 saturated carbocycles. The first-order valence-corrected chi connectivity index (χ1v) is 9.88. The molecule has 2 amide bonds. The van der Waals surface area contributed by atoms with Crippen LogP contribution in [-0.2, 0) is 11.0 Å². The lowest BCUT2D eigenvalue weighted by molar-refractivity contribution is -0.137. The highest BCUT2D eigenvalue weighted by atomic mass is 35.5. The maximum absolute atomic E-state index is 12.7. The molecule has 0 saturated heterocycles. The molecule has 31 heavy (non-hydrogen) atoms. The molecule has 0 bridgehead atoms. The van der Waals surface area contributed by atoms with Crippen molar-refractivity contribution in [1.82, 2.24) is 15.3 Å². The fourth-order valence-electron chi connectivity index (χ4n) is 2.68. The molecule has 1 fully saturated rings. The van der Waals surface area contributed by atoms with Crippen molar-refractivity contribution in [3.8, 4) is 5.88 Å². The van der Waals surface area contributed by atoms with Crippen LogP contribution in [0.15, 0.2) is 24.4 Å². The van der Waals surface area contributed by atoms with E-state index in [2.05, 4.69) is 20.6 Å². The minimum atomic E-state index is -4.56. The zero-order valence-electron chi connectivity index (χ0n) is 16.7. The van der Waals surface area contributed by atoms with Crippen molar-refractivity contribution in [1.29, 1.82) is 0 Å². The lowest BCUT2D eigenvalue weighted by Crippen LogP contribution is -2.34. The Hall–Kier alpha value is -2.88. The summed E-state index contributed by atoms with van der Waals surface area (Å²) in [5.74, 6) is -0.404. The van der Waals surface area contributed by atoms with Crippen LogP contribution >= 0.6 is 11.6 Å². The summed E-state index contributed by atoms with van der Waals surface area (Å²) in [6.07, 6.45) is -2.86. The number of anilines is 1. The minimum Gasteiger partial charge on any atom is -0.472 e. The predicted molar refractivity (Wildman–Crippen MR) is 107 cm³/mol. The number of carbonyl (C=O) groups is 2. The van der Waals surface area contributed by atoms with E-state index in [1.165, 1.54) is 6.07 Å². The standard InChI is InChI=1S/C20H20ClF3N4O3/c1-10-5-13(6-16(27-10)28-18(30)12-3-4-12)17(29)25-8-11(2)31-19-15(21)7-14(9-26-19)20(22,23)24/h5-7,9,11-12H,3-4,8H2,1-2H3,(H,25,29)(H,27,28,30)/t11-/m1/s1. The molecule has 1 aliphatic carbocycles. The van der Waals surface area contributed by atoms with Crippen molar-refractivity contribution in [2.24, 2.45) is 5.92 Å². The molecule has 0 radical (unpaired) electrons. The topological polar surface area (TPSA) is 93.2 Å². The van der Waals surface area contributed by atoms with Gasteiger partial charge < -0.3 is 15.4 Å². The smallest absolute Gasteiger partial charge is 0.417 e. The predicted octanol–water partition coefficient (Wildman–Crippen LogP) is 4.00. The Morgan fingerprint density at radius 3 is 2.61 bits per heavy atom. The SMILES string of the molecule is Cc1cc(C(=O)NC[C@@H](C)Oc2ncc(C(F)(F)F)cc2Cl)cc(NC(=O)C2CC2)n1. The van der Waals surface area contributed by atoms with E-state index < -0.39 is 23.8 Å². The van der Waals surface area contributed by atoms with Gasteiger partial charge in [0.15, 0.2) is 0 Å². The minimum absolute atomic E-state index is 0.00298. The van der Waals surface area contributed by atoms with Gasteiger partial charge in [-0.05, 0) is 44.9 Å². The van der Waals surface area contributed by atoms with E-state index in [0.717, 1.165) is 18.9 Å². The molecule has 2 aromatic rings. The Bertz CT molecular complexity index is 996. The van der Waals surface area contributed by atoms with E-state index in [0.29, 0.717) is 23.3 Å². The first-order valence-electron chi connectivity index (χ1n) is 9.50. The molecular weight excluding hydrogens is 437 g/mol. The number of ether oxygens (including phenoxy) is 1. The molecule has 3 rings (SSSR count). The summed E-state index contributed by atoms with van der Waals surface area (Å²) in [6, 6.07) is 3.77. The monoisotopic (exact) mass is 456 g/mol. The average molecular weight is 457 g/mol. The molecule has 0 spiro atoms. The van der Waals surface area contributed by atoms with Gasteiger partial charge in [0.1, 0.15) is 16.9 Å². The number of carbonyl (C=O) groups excluding carboxylic acids is 2. The van der Waals surface area contributed by atoms with Crippen LogP contribution in [0.1, 0.15) is 41.4 Å². The number of aromatic nitrogens is 2. The number of nitrogens with one attached hydrogen (secondary N) is 2. The molecule has 1 atom stereocenters. The number of nitrogens with zero attached hydrogens (tertiary/aromatic N) is 2. The normalized spacial score (nSPS) is 14.6. The second kappa shape index (κ2) is 9.09. The summed E-state index contributed by atoms with van der Waals surface area (Å²) in [7, 11) is 0.